The van der Waals surface area contributed by atoms with Crippen LogP contribution in [0.2, 0.25) is 0 Å². The third kappa shape index (κ3) is 1.89. The van der Waals surface area contributed by atoms with Crippen molar-refractivity contribution < 1.29 is 9.90 Å². The lowest BCUT2D eigenvalue weighted by atomic mass is 9.82. The SMILES string of the molecule is CNC1CCC2(CC1)CC2C(=O)O.Cl. The van der Waals surface area contributed by atoms with Gasteiger partial charge >= 0.3 is 5.97 Å². The Morgan fingerprint density at radius 3 is 2.36 bits per heavy atom. The standard InChI is InChI=1S/C10H17NO2.ClH/c1-11-7-2-4-10(5-3-7)6-8(10)9(12)13;/h7-8,11H,2-6H2,1H3,(H,12,13);1H. The number of halogens is 1. The molecule has 0 aliphatic heterocycles. The van der Waals surface area contributed by atoms with Gasteiger partial charge in [0, 0.05) is 6.04 Å². The lowest BCUT2D eigenvalue weighted by molar-refractivity contribution is -0.139. The van der Waals surface area contributed by atoms with Crippen molar-refractivity contribution in [1.29, 1.82) is 0 Å². The molecule has 0 aromatic rings. The first-order chi connectivity index (χ1) is 6.18. The Morgan fingerprint density at radius 1 is 1.43 bits per heavy atom. The third-order valence-corrected chi connectivity index (χ3v) is 3.88. The monoisotopic (exact) mass is 219 g/mol. The molecule has 0 amide bonds. The molecule has 1 unspecified atom stereocenters. The molecule has 2 fully saturated rings. The van der Waals surface area contributed by atoms with E-state index in [0.29, 0.717) is 6.04 Å². The van der Waals surface area contributed by atoms with Crippen LogP contribution in [0.15, 0.2) is 0 Å². The molecule has 3 nitrogen and oxygen atoms in total. The molecule has 0 radical (unpaired) electrons. The largest absolute Gasteiger partial charge is 0.481 e. The van der Waals surface area contributed by atoms with Crippen LogP contribution in [0.5, 0.6) is 0 Å². The number of carbonyl (C=O) groups is 1. The van der Waals surface area contributed by atoms with Crippen molar-refractivity contribution in [2.45, 2.75) is 38.1 Å². The van der Waals surface area contributed by atoms with Gasteiger partial charge in [-0.3, -0.25) is 4.79 Å². The van der Waals surface area contributed by atoms with Gasteiger partial charge in [0.05, 0.1) is 5.92 Å². The maximum Gasteiger partial charge on any atom is 0.307 e. The van der Waals surface area contributed by atoms with E-state index in [4.69, 9.17) is 5.11 Å². The van der Waals surface area contributed by atoms with Gasteiger partial charge in [-0.05, 0) is 44.6 Å². The topological polar surface area (TPSA) is 49.3 Å². The van der Waals surface area contributed by atoms with Gasteiger partial charge in [0.25, 0.3) is 0 Å². The molecule has 4 heteroatoms. The second-order valence-electron chi connectivity index (χ2n) is 4.52. The average Bonchev–Trinajstić information content (AvgIpc) is 2.82. The number of nitrogens with one attached hydrogen (secondary N) is 1. The Kier molecular flexibility index (Phi) is 3.43. The fourth-order valence-electron chi connectivity index (χ4n) is 2.73. The summed E-state index contributed by atoms with van der Waals surface area (Å²) in [5.74, 6) is -0.604. The lowest BCUT2D eigenvalue weighted by Gasteiger charge is -2.28. The number of carboxylic acid groups (broad SMARTS) is 1. The van der Waals surface area contributed by atoms with E-state index in [2.05, 4.69) is 5.32 Å². The van der Waals surface area contributed by atoms with E-state index in [0.717, 1.165) is 32.1 Å². The van der Waals surface area contributed by atoms with Crippen LogP contribution < -0.4 is 5.32 Å². The van der Waals surface area contributed by atoms with Crippen molar-refractivity contribution in [2.24, 2.45) is 11.3 Å². The predicted octanol–water partition coefficient (Wildman–Crippen LogP) is 1.66. The Balaban J connectivity index is 0.000000980. The van der Waals surface area contributed by atoms with Crippen LogP contribution in [0.3, 0.4) is 0 Å². The summed E-state index contributed by atoms with van der Waals surface area (Å²) in [7, 11) is 1.99. The summed E-state index contributed by atoms with van der Waals surface area (Å²) < 4.78 is 0. The van der Waals surface area contributed by atoms with Crippen molar-refractivity contribution >= 4 is 18.4 Å². The van der Waals surface area contributed by atoms with Crippen LogP contribution in [0.4, 0.5) is 0 Å². The minimum absolute atomic E-state index is 0. The first-order valence-corrected chi connectivity index (χ1v) is 5.08. The van der Waals surface area contributed by atoms with E-state index in [9.17, 15) is 4.79 Å². The van der Waals surface area contributed by atoms with Gasteiger partial charge in [-0.15, -0.1) is 12.4 Å². The molecule has 2 saturated carbocycles. The molecule has 82 valence electrons. The molecule has 2 aliphatic carbocycles. The zero-order valence-corrected chi connectivity index (χ0v) is 9.27. The van der Waals surface area contributed by atoms with E-state index in [-0.39, 0.29) is 23.7 Å². The van der Waals surface area contributed by atoms with Gasteiger partial charge in [-0.1, -0.05) is 0 Å². The summed E-state index contributed by atoms with van der Waals surface area (Å²) in [4.78, 5) is 10.8. The summed E-state index contributed by atoms with van der Waals surface area (Å²) >= 11 is 0. The normalized spacial score (nSPS) is 40.4. The molecule has 14 heavy (non-hydrogen) atoms. The van der Waals surface area contributed by atoms with Crippen LogP contribution >= 0.6 is 12.4 Å². The van der Waals surface area contributed by atoms with Gasteiger partial charge in [0.1, 0.15) is 0 Å². The summed E-state index contributed by atoms with van der Waals surface area (Å²) in [6.07, 6.45) is 5.45. The summed E-state index contributed by atoms with van der Waals surface area (Å²) in [6, 6.07) is 0.626. The minimum atomic E-state index is -0.581. The van der Waals surface area contributed by atoms with Crippen LogP contribution in [0.1, 0.15) is 32.1 Å². The third-order valence-electron chi connectivity index (χ3n) is 3.88. The molecule has 0 heterocycles. The fraction of sp³-hybridized carbons (Fsp3) is 0.900. The van der Waals surface area contributed by atoms with Gasteiger partial charge in [0.2, 0.25) is 0 Å². The fourth-order valence-corrected chi connectivity index (χ4v) is 2.73. The highest BCUT2D eigenvalue weighted by molar-refractivity contribution is 5.85. The number of rotatable bonds is 2. The quantitative estimate of drug-likeness (QED) is 0.743. The Hall–Kier alpha value is -0.280. The zero-order valence-electron chi connectivity index (χ0n) is 8.45. The predicted molar refractivity (Wildman–Crippen MR) is 56.7 cm³/mol. The average molecular weight is 220 g/mol. The molecular formula is C10H18ClNO2. The highest BCUT2D eigenvalue weighted by atomic mass is 35.5. The lowest BCUT2D eigenvalue weighted by Crippen LogP contribution is -2.31. The van der Waals surface area contributed by atoms with Gasteiger partial charge in [-0.2, -0.15) is 0 Å². The van der Waals surface area contributed by atoms with Gasteiger partial charge in [0.15, 0.2) is 0 Å². The van der Waals surface area contributed by atoms with E-state index in [1.807, 2.05) is 7.05 Å². The van der Waals surface area contributed by atoms with Crippen molar-refractivity contribution in [2.75, 3.05) is 7.05 Å². The summed E-state index contributed by atoms with van der Waals surface area (Å²) in [6.45, 7) is 0. The molecule has 1 spiro atoms. The van der Waals surface area contributed by atoms with Crippen LogP contribution in [-0.4, -0.2) is 24.2 Å². The second-order valence-corrected chi connectivity index (χ2v) is 4.52. The molecule has 2 N–H and O–H groups in total. The molecule has 0 bridgehead atoms. The maximum absolute atomic E-state index is 10.8. The number of hydrogen-bond donors (Lipinski definition) is 2. The van der Waals surface area contributed by atoms with Gasteiger partial charge < -0.3 is 10.4 Å². The first kappa shape index (κ1) is 11.8. The Morgan fingerprint density at radius 2 is 2.00 bits per heavy atom. The highest BCUT2D eigenvalue weighted by Gasteiger charge is 2.58. The van der Waals surface area contributed by atoms with Crippen molar-refractivity contribution in [3.8, 4) is 0 Å². The number of carboxylic acids is 1. The first-order valence-electron chi connectivity index (χ1n) is 5.08. The molecule has 2 aliphatic rings. The van der Waals surface area contributed by atoms with E-state index >= 15 is 0 Å². The van der Waals surface area contributed by atoms with Gasteiger partial charge in [-0.25, -0.2) is 0 Å². The number of aliphatic carboxylic acids is 1. The molecule has 0 aromatic carbocycles. The summed E-state index contributed by atoms with van der Waals surface area (Å²) in [5.41, 5.74) is 0.208. The highest BCUT2D eigenvalue weighted by Crippen LogP contribution is 2.61. The van der Waals surface area contributed by atoms with Crippen LogP contribution in [0.25, 0.3) is 0 Å². The molecule has 0 saturated heterocycles. The van der Waals surface area contributed by atoms with E-state index < -0.39 is 5.97 Å². The molecular weight excluding hydrogens is 202 g/mol. The summed E-state index contributed by atoms with van der Waals surface area (Å²) in [5, 5.41) is 12.1. The van der Waals surface area contributed by atoms with Crippen LogP contribution in [-0.2, 0) is 4.79 Å². The second kappa shape index (κ2) is 4.07. The number of hydrogen-bond acceptors (Lipinski definition) is 2. The van der Waals surface area contributed by atoms with E-state index in [1.54, 1.807) is 0 Å². The maximum atomic E-state index is 10.8. The van der Waals surface area contributed by atoms with Crippen molar-refractivity contribution in [3.63, 3.8) is 0 Å². The molecule has 2 rings (SSSR count). The Labute approximate surface area is 90.7 Å². The Bertz CT molecular complexity index is 224. The minimum Gasteiger partial charge on any atom is -0.481 e. The van der Waals surface area contributed by atoms with E-state index in [1.165, 1.54) is 0 Å². The molecule has 1 atom stereocenters. The van der Waals surface area contributed by atoms with Crippen LogP contribution in [0, 0.1) is 11.3 Å². The zero-order chi connectivity index (χ0) is 9.47. The van der Waals surface area contributed by atoms with Crippen molar-refractivity contribution in [1.82, 2.24) is 5.32 Å². The smallest absolute Gasteiger partial charge is 0.307 e. The van der Waals surface area contributed by atoms with Crippen molar-refractivity contribution in [3.05, 3.63) is 0 Å². The molecule has 0 aromatic heterocycles.